The molecule has 1 aliphatic carbocycles. The van der Waals surface area contributed by atoms with Gasteiger partial charge in [-0.15, -0.1) is 0 Å². The minimum atomic E-state index is 0.606. The second-order valence-corrected chi connectivity index (χ2v) is 4.41. The molecule has 1 aromatic heterocycles. The Hall–Kier alpha value is -0.870. The van der Waals surface area contributed by atoms with Gasteiger partial charge in [0.1, 0.15) is 0 Å². The molecule has 1 aromatic rings. The number of rotatable bonds is 2. The predicted octanol–water partition coefficient (Wildman–Crippen LogP) is 1.14. The molecule has 0 amide bonds. The van der Waals surface area contributed by atoms with Crippen LogP contribution in [0.4, 0.5) is 0 Å². The van der Waals surface area contributed by atoms with Crippen LogP contribution in [0.15, 0.2) is 0 Å². The number of aromatic nitrogens is 2. The van der Waals surface area contributed by atoms with Gasteiger partial charge in [-0.3, -0.25) is 4.68 Å². The summed E-state index contributed by atoms with van der Waals surface area (Å²) >= 11 is 0. The average Bonchev–Trinajstić information content (AvgIpc) is 2.53. The van der Waals surface area contributed by atoms with E-state index in [9.17, 15) is 0 Å². The van der Waals surface area contributed by atoms with Crippen LogP contribution in [0.2, 0.25) is 0 Å². The highest BCUT2D eigenvalue weighted by Gasteiger charge is 2.27. The van der Waals surface area contributed by atoms with Crippen LogP contribution in [0.25, 0.3) is 0 Å². The van der Waals surface area contributed by atoms with Crippen LogP contribution >= 0.6 is 0 Å². The van der Waals surface area contributed by atoms with Crippen LogP contribution in [-0.2, 0) is 24.3 Å². The number of fused-ring (bicyclic) bond motifs is 1. The van der Waals surface area contributed by atoms with Crippen molar-refractivity contribution < 1.29 is 4.74 Å². The van der Waals surface area contributed by atoms with Gasteiger partial charge in [0.15, 0.2) is 0 Å². The van der Waals surface area contributed by atoms with Crippen molar-refractivity contribution in [1.82, 2.24) is 9.78 Å². The highest BCUT2D eigenvalue weighted by atomic mass is 16.5. The molecule has 2 N–H and O–H groups in total. The predicted molar refractivity (Wildman–Crippen MR) is 56.4 cm³/mol. The van der Waals surface area contributed by atoms with Crippen LogP contribution in [0.5, 0.6) is 0 Å². The van der Waals surface area contributed by atoms with Crippen molar-refractivity contribution in [2.24, 2.45) is 5.73 Å². The third-order valence-corrected chi connectivity index (χ3v) is 3.55. The van der Waals surface area contributed by atoms with Gasteiger partial charge in [0.05, 0.1) is 30.6 Å². The third-order valence-electron chi connectivity index (χ3n) is 3.55. The average molecular weight is 207 g/mol. The molecule has 4 heteroatoms. The lowest BCUT2D eigenvalue weighted by Crippen LogP contribution is -2.22. The SMILES string of the molecule is NCc1c2c(nn1C1CCC1)COCC2. The van der Waals surface area contributed by atoms with Crippen molar-refractivity contribution >= 4 is 0 Å². The molecule has 0 saturated heterocycles. The highest BCUT2D eigenvalue weighted by Crippen LogP contribution is 2.34. The number of hydrogen-bond acceptors (Lipinski definition) is 3. The van der Waals surface area contributed by atoms with E-state index >= 15 is 0 Å². The molecule has 1 aliphatic heterocycles. The molecular weight excluding hydrogens is 190 g/mol. The summed E-state index contributed by atoms with van der Waals surface area (Å²) in [5, 5.41) is 4.66. The van der Waals surface area contributed by atoms with Crippen LogP contribution in [0.3, 0.4) is 0 Å². The Balaban J connectivity index is 2.01. The molecule has 0 unspecified atom stereocenters. The standard InChI is InChI=1S/C11H17N3O/c12-6-11-9-4-5-15-7-10(9)13-14(11)8-2-1-3-8/h8H,1-7,12H2. The lowest BCUT2D eigenvalue weighted by Gasteiger charge is -2.27. The first-order chi connectivity index (χ1) is 7.40. The molecule has 82 valence electrons. The van der Waals surface area contributed by atoms with Crippen molar-refractivity contribution in [2.45, 2.75) is 44.9 Å². The summed E-state index contributed by atoms with van der Waals surface area (Å²) in [6.07, 6.45) is 4.83. The molecule has 2 heterocycles. The van der Waals surface area contributed by atoms with Crippen molar-refractivity contribution in [1.29, 1.82) is 0 Å². The van der Waals surface area contributed by atoms with E-state index in [4.69, 9.17) is 10.5 Å². The molecule has 3 rings (SSSR count). The fourth-order valence-corrected chi connectivity index (χ4v) is 2.45. The van der Waals surface area contributed by atoms with Crippen molar-refractivity contribution in [3.05, 3.63) is 17.0 Å². The molecule has 15 heavy (non-hydrogen) atoms. The summed E-state index contributed by atoms with van der Waals surface area (Å²) in [5.41, 5.74) is 9.56. The molecule has 0 spiro atoms. The summed E-state index contributed by atoms with van der Waals surface area (Å²) in [6.45, 7) is 2.09. The number of hydrogen-bond donors (Lipinski definition) is 1. The van der Waals surface area contributed by atoms with E-state index in [0.29, 0.717) is 19.2 Å². The highest BCUT2D eigenvalue weighted by molar-refractivity contribution is 5.28. The Morgan fingerprint density at radius 3 is 3.00 bits per heavy atom. The Morgan fingerprint density at radius 2 is 2.33 bits per heavy atom. The van der Waals surface area contributed by atoms with E-state index in [1.165, 1.54) is 30.5 Å². The fraction of sp³-hybridized carbons (Fsp3) is 0.727. The smallest absolute Gasteiger partial charge is 0.0918 e. The van der Waals surface area contributed by atoms with E-state index in [-0.39, 0.29) is 0 Å². The first-order valence-corrected chi connectivity index (χ1v) is 5.77. The Labute approximate surface area is 89.4 Å². The van der Waals surface area contributed by atoms with Crippen molar-refractivity contribution in [2.75, 3.05) is 6.61 Å². The second kappa shape index (κ2) is 3.61. The molecule has 0 atom stereocenters. The number of nitrogens with zero attached hydrogens (tertiary/aromatic N) is 2. The van der Waals surface area contributed by atoms with Gasteiger partial charge in [-0.05, 0) is 25.7 Å². The maximum atomic E-state index is 5.83. The van der Waals surface area contributed by atoms with Gasteiger partial charge in [-0.2, -0.15) is 5.10 Å². The van der Waals surface area contributed by atoms with Crippen LogP contribution in [-0.4, -0.2) is 16.4 Å². The quantitative estimate of drug-likeness (QED) is 0.791. The van der Waals surface area contributed by atoms with Crippen LogP contribution in [0, 0.1) is 0 Å². The Bertz CT molecular complexity index is 368. The van der Waals surface area contributed by atoms with Gasteiger partial charge in [0.2, 0.25) is 0 Å². The third kappa shape index (κ3) is 1.40. The van der Waals surface area contributed by atoms with Gasteiger partial charge in [0, 0.05) is 12.1 Å². The topological polar surface area (TPSA) is 53.1 Å². The maximum absolute atomic E-state index is 5.83. The van der Waals surface area contributed by atoms with Crippen molar-refractivity contribution in [3.8, 4) is 0 Å². The number of ether oxygens (including phenoxy) is 1. The van der Waals surface area contributed by atoms with E-state index in [1.54, 1.807) is 0 Å². The normalized spacial score (nSPS) is 21.1. The Kier molecular flexibility index (Phi) is 2.25. The summed E-state index contributed by atoms with van der Waals surface area (Å²) in [7, 11) is 0. The van der Waals surface area contributed by atoms with E-state index in [0.717, 1.165) is 18.7 Å². The lowest BCUT2D eigenvalue weighted by atomic mass is 9.93. The van der Waals surface area contributed by atoms with E-state index < -0.39 is 0 Å². The minimum absolute atomic E-state index is 0.606. The molecule has 0 bridgehead atoms. The molecule has 1 saturated carbocycles. The summed E-state index contributed by atoms with van der Waals surface area (Å²) in [4.78, 5) is 0. The van der Waals surface area contributed by atoms with E-state index in [1.807, 2.05) is 0 Å². The first-order valence-electron chi connectivity index (χ1n) is 5.77. The monoisotopic (exact) mass is 207 g/mol. The Morgan fingerprint density at radius 1 is 1.47 bits per heavy atom. The van der Waals surface area contributed by atoms with E-state index in [2.05, 4.69) is 9.78 Å². The zero-order valence-corrected chi connectivity index (χ0v) is 8.91. The van der Waals surface area contributed by atoms with Gasteiger partial charge in [-0.25, -0.2) is 0 Å². The van der Waals surface area contributed by atoms with Crippen molar-refractivity contribution in [3.63, 3.8) is 0 Å². The minimum Gasteiger partial charge on any atom is -0.375 e. The molecule has 4 nitrogen and oxygen atoms in total. The fourth-order valence-electron chi connectivity index (χ4n) is 2.45. The largest absolute Gasteiger partial charge is 0.375 e. The van der Waals surface area contributed by atoms with Crippen LogP contribution in [0.1, 0.15) is 42.3 Å². The van der Waals surface area contributed by atoms with Gasteiger partial charge in [0.25, 0.3) is 0 Å². The first kappa shape index (κ1) is 9.36. The second-order valence-electron chi connectivity index (χ2n) is 4.41. The molecule has 1 fully saturated rings. The maximum Gasteiger partial charge on any atom is 0.0918 e. The summed E-state index contributed by atoms with van der Waals surface area (Å²) in [6, 6.07) is 0.606. The zero-order chi connectivity index (χ0) is 10.3. The molecule has 2 aliphatic rings. The molecule has 0 radical (unpaired) electrons. The summed E-state index contributed by atoms with van der Waals surface area (Å²) in [5.74, 6) is 0. The van der Waals surface area contributed by atoms with Gasteiger partial charge in [-0.1, -0.05) is 0 Å². The summed E-state index contributed by atoms with van der Waals surface area (Å²) < 4.78 is 7.59. The van der Waals surface area contributed by atoms with Crippen LogP contribution < -0.4 is 5.73 Å². The molecular formula is C11H17N3O. The zero-order valence-electron chi connectivity index (χ0n) is 8.91. The van der Waals surface area contributed by atoms with Gasteiger partial charge >= 0.3 is 0 Å². The van der Waals surface area contributed by atoms with Gasteiger partial charge < -0.3 is 10.5 Å². The lowest BCUT2D eigenvalue weighted by molar-refractivity contribution is 0.107. The molecule has 0 aromatic carbocycles. The number of nitrogens with two attached hydrogens (primary N) is 1.